The Kier molecular flexibility index (Phi) is 10.6. The number of hydrogen-bond acceptors (Lipinski definition) is 4. The maximum Gasteiger partial charge on any atom is 0.191 e. The quantitative estimate of drug-likeness (QED) is 0.315. The van der Waals surface area contributed by atoms with Crippen molar-refractivity contribution in [3.05, 3.63) is 48.3 Å². The van der Waals surface area contributed by atoms with E-state index in [2.05, 4.69) is 63.7 Å². The van der Waals surface area contributed by atoms with E-state index in [1.54, 1.807) is 6.20 Å². The standard InChI is InChI=1S/C22H34N6O.HI/c1-18(2)29-15-14-27-12-8-20(9-13-27)26-22(23-3)24-17-19-6-4-7-21(16-19)28-11-5-10-25-28;/h4-7,10-11,16,18,20H,8-9,12-15,17H2,1-3H3,(H2,23,24,26);1H. The van der Waals surface area contributed by atoms with Crippen LogP contribution in [0.1, 0.15) is 32.3 Å². The second-order valence-corrected chi connectivity index (χ2v) is 7.73. The van der Waals surface area contributed by atoms with Gasteiger partial charge in [0.2, 0.25) is 0 Å². The number of aliphatic imine (C=N–C) groups is 1. The topological polar surface area (TPSA) is 66.7 Å². The van der Waals surface area contributed by atoms with Crippen molar-refractivity contribution in [2.75, 3.05) is 33.3 Å². The Morgan fingerprint density at radius 1 is 1.27 bits per heavy atom. The lowest BCUT2D eigenvalue weighted by atomic mass is 10.1. The Bertz CT molecular complexity index is 757. The minimum absolute atomic E-state index is 0. The summed E-state index contributed by atoms with van der Waals surface area (Å²) in [5.41, 5.74) is 2.26. The molecule has 0 spiro atoms. The maximum atomic E-state index is 5.67. The van der Waals surface area contributed by atoms with Crippen LogP contribution in [-0.4, -0.2) is 66.1 Å². The van der Waals surface area contributed by atoms with Gasteiger partial charge in [-0.05, 0) is 50.5 Å². The van der Waals surface area contributed by atoms with Crippen LogP contribution >= 0.6 is 24.0 Å². The molecule has 7 nitrogen and oxygen atoms in total. The van der Waals surface area contributed by atoms with Gasteiger partial charge < -0.3 is 20.3 Å². The van der Waals surface area contributed by atoms with Crippen molar-refractivity contribution in [2.24, 2.45) is 4.99 Å². The smallest absolute Gasteiger partial charge is 0.191 e. The molecule has 1 aromatic carbocycles. The Hall–Kier alpha value is -1.65. The zero-order chi connectivity index (χ0) is 20.5. The molecule has 0 saturated carbocycles. The summed E-state index contributed by atoms with van der Waals surface area (Å²) < 4.78 is 7.54. The van der Waals surface area contributed by atoms with Crippen molar-refractivity contribution in [2.45, 2.75) is 45.4 Å². The Balaban J connectivity index is 0.00000320. The lowest BCUT2D eigenvalue weighted by Crippen LogP contribution is -2.49. The highest BCUT2D eigenvalue weighted by Gasteiger charge is 2.19. The van der Waals surface area contributed by atoms with Gasteiger partial charge in [0.25, 0.3) is 0 Å². The third-order valence-corrected chi connectivity index (χ3v) is 5.15. The summed E-state index contributed by atoms with van der Waals surface area (Å²) in [6, 6.07) is 10.8. The van der Waals surface area contributed by atoms with Crippen molar-refractivity contribution in [3.63, 3.8) is 0 Å². The first-order valence-corrected chi connectivity index (χ1v) is 10.5. The summed E-state index contributed by atoms with van der Waals surface area (Å²) in [5.74, 6) is 0.857. The molecule has 0 unspecified atom stereocenters. The number of aromatic nitrogens is 2. The van der Waals surface area contributed by atoms with Crippen LogP contribution in [0.25, 0.3) is 5.69 Å². The van der Waals surface area contributed by atoms with Crippen molar-refractivity contribution in [1.82, 2.24) is 25.3 Å². The fourth-order valence-corrected chi connectivity index (χ4v) is 3.52. The number of likely N-dealkylation sites (tertiary alicyclic amines) is 1. The number of benzene rings is 1. The van der Waals surface area contributed by atoms with Crippen LogP contribution < -0.4 is 10.6 Å². The van der Waals surface area contributed by atoms with Crippen LogP contribution in [0, 0.1) is 0 Å². The SMILES string of the molecule is CN=C(NCc1cccc(-n2cccn2)c1)NC1CCN(CCOC(C)C)CC1.I. The Morgan fingerprint density at radius 2 is 2.07 bits per heavy atom. The van der Waals surface area contributed by atoms with Crippen molar-refractivity contribution < 1.29 is 4.74 Å². The van der Waals surface area contributed by atoms with Gasteiger partial charge in [-0.3, -0.25) is 4.99 Å². The molecule has 1 aromatic heterocycles. The zero-order valence-electron chi connectivity index (χ0n) is 18.3. The molecule has 1 aliphatic rings. The summed E-state index contributed by atoms with van der Waals surface area (Å²) >= 11 is 0. The molecule has 0 bridgehead atoms. The molecular weight excluding hydrogens is 491 g/mol. The fraction of sp³-hybridized carbons (Fsp3) is 0.545. The summed E-state index contributed by atoms with van der Waals surface area (Å²) in [5, 5.41) is 11.3. The number of hydrogen-bond donors (Lipinski definition) is 2. The van der Waals surface area contributed by atoms with Gasteiger partial charge in [-0.25, -0.2) is 4.68 Å². The van der Waals surface area contributed by atoms with E-state index in [4.69, 9.17) is 4.74 Å². The molecule has 2 aromatic rings. The van der Waals surface area contributed by atoms with Gasteiger partial charge in [-0.1, -0.05) is 12.1 Å². The van der Waals surface area contributed by atoms with Gasteiger partial charge in [-0.2, -0.15) is 5.10 Å². The molecule has 166 valence electrons. The van der Waals surface area contributed by atoms with E-state index in [1.807, 2.05) is 24.0 Å². The molecule has 0 atom stereocenters. The van der Waals surface area contributed by atoms with Gasteiger partial charge in [-0.15, -0.1) is 24.0 Å². The highest BCUT2D eigenvalue weighted by Crippen LogP contribution is 2.11. The fourth-order valence-electron chi connectivity index (χ4n) is 3.52. The highest BCUT2D eigenvalue weighted by molar-refractivity contribution is 14.0. The minimum atomic E-state index is 0. The number of halogens is 1. The summed E-state index contributed by atoms with van der Waals surface area (Å²) in [7, 11) is 1.83. The molecule has 0 radical (unpaired) electrons. The van der Waals surface area contributed by atoms with Gasteiger partial charge >= 0.3 is 0 Å². The van der Waals surface area contributed by atoms with Gasteiger partial charge in [0.1, 0.15) is 0 Å². The second-order valence-electron chi connectivity index (χ2n) is 7.73. The molecule has 0 amide bonds. The van der Waals surface area contributed by atoms with Crippen molar-refractivity contribution >= 4 is 29.9 Å². The van der Waals surface area contributed by atoms with E-state index in [0.29, 0.717) is 12.1 Å². The van der Waals surface area contributed by atoms with Crippen molar-refractivity contribution in [3.8, 4) is 5.69 Å². The second kappa shape index (κ2) is 12.9. The van der Waals surface area contributed by atoms with Crippen molar-refractivity contribution in [1.29, 1.82) is 0 Å². The molecule has 1 aliphatic heterocycles. The van der Waals surface area contributed by atoms with E-state index < -0.39 is 0 Å². The first kappa shape index (κ1) is 24.6. The number of nitrogens with one attached hydrogen (secondary N) is 2. The molecule has 2 N–H and O–H groups in total. The predicted molar refractivity (Wildman–Crippen MR) is 133 cm³/mol. The summed E-state index contributed by atoms with van der Waals surface area (Å²) in [6.07, 6.45) is 6.30. The average Bonchev–Trinajstić information content (AvgIpc) is 3.27. The van der Waals surface area contributed by atoms with Crippen LogP contribution in [0.4, 0.5) is 0 Å². The molecular formula is C22H35IN6O. The normalized spacial score (nSPS) is 15.8. The predicted octanol–water partition coefficient (Wildman–Crippen LogP) is 3.04. The van der Waals surface area contributed by atoms with Crippen LogP contribution in [0.2, 0.25) is 0 Å². The molecule has 3 rings (SSSR count). The summed E-state index contributed by atoms with van der Waals surface area (Å²) in [6.45, 7) is 8.93. The lowest BCUT2D eigenvalue weighted by Gasteiger charge is -2.33. The van der Waals surface area contributed by atoms with Crippen LogP contribution in [-0.2, 0) is 11.3 Å². The number of nitrogens with zero attached hydrogens (tertiary/aromatic N) is 4. The Labute approximate surface area is 197 Å². The van der Waals surface area contributed by atoms with E-state index in [1.165, 1.54) is 5.56 Å². The number of ether oxygens (including phenoxy) is 1. The monoisotopic (exact) mass is 526 g/mol. The van der Waals surface area contributed by atoms with E-state index in [9.17, 15) is 0 Å². The van der Waals surface area contributed by atoms with Gasteiger partial charge in [0, 0.05) is 51.7 Å². The summed E-state index contributed by atoms with van der Waals surface area (Å²) in [4.78, 5) is 6.88. The third kappa shape index (κ3) is 7.88. The first-order chi connectivity index (χ1) is 14.1. The first-order valence-electron chi connectivity index (χ1n) is 10.5. The molecule has 30 heavy (non-hydrogen) atoms. The highest BCUT2D eigenvalue weighted by atomic mass is 127. The number of rotatable bonds is 8. The van der Waals surface area contributed by atoms with Gasteiger partial charge in [0.15, 0.2) is 5.96 Å². The van der Waals surface area contributed by atoms with Crippen LogP contribution in [0.3, 0.4) is 0 Å². The van der Waals surface area contributed by atoms with Crippen LogP contribution in [0.5, 0.6) is 0 Å². The van der Waals surface area contributed by atoms with Crippen LogP contribution in [0.15, 0.2) is 47.7 Å². The zero-order valence-corrected chi connectivity index (χ0v) is 20.6. The molecule has 1 fully saturated rings. The lowest BCUT2D eigenvalue weighted by molar-refractivity contribution is 0.0532. The third-order valence-electron chi connectivity index (χ3n) is 5.15. The molecule has 2 heterocycles. The van der Waals surface area contributed by atoms with Gasteiger partial charge in [0.05, 0.1) is 18.4 Å². The molecule has 1 saturated heterocycles. The average molecular weight is 526 g/mol. The minimum Gasteiger partial charge on any atom is -0.377 e. The molecule has 0 aliphatic carbocycles. The molecule has 8 heteroatoms. The maximum absolute atomic E-state index is 5.67. The Morgan fingerprint density at radius 3 is 2.73 bits per heavy atom. The number of piperidine rings is 1. The van der Waals surface area contributed by atoms with E-state index >= 15 is 0 Å². The largest absolute Gasteiger partial charge is 0.377 e. The van der Waals surface area contributed by atoms with E-state index in [-0.39, 0.29) is 24.0 Å². The van der Waals surface area contributed by atoms with E-state index in [0.717, 1.165) is 57.3 Å². The number of guanidine groups is 1.